The summed E-state index contributed by atoms with van der Waals surface area (Å²) < 4.78 is 27.8. The van der Waals surface area contributed by atoms with Gasteiger partial charge in [-0.15, -0.1) is 0 Å². The monoisotopic (exact) mass is 386 g/mol. The van der Waals surface area contributed by atoms with Crippen molar-refractivity contribution in [1.29, 1.82) is 0 Å². The van der Waals surface area contributed by atoms with Gasteiger partial charge in [0.15, 0.2) is 0 Å². The van der Waals surface area contributed by atoms with E-state index in [0.29, 0.717) is 37.5 Å². The molecule has 0 aromatic heterocycles. The van der Waals surface area contributed by atoms with Gasteiger partial charge in [-0.1, -0.05) is 48.0 Å². The van der Waals surface area contributed by atoms with Gasteiger partial charge in [0.1, 0.15) is 0 Å². The third kappa shape index (κ3) is 4.22. The van der Waals surface area contributed by atoms with Crippen molar-refractivity contribution in [1.82, 2.24) is 9.21 Å². The molecule has 1 fully saturated rings. The Bertz CT molecular complexity index is 908. The average molecular weight is 387 g/mol. The first kappa shape index (κ1) is 19.6. The lowest BCUT2D eigenvalue weighted by Crippen LogP contribution is -2.51. The number of aryl methyl sites for hydroxylation is 3. The van der Waals surface area contributed by atoms with Crippen LogP contribution in [0, 0.1) is 20.8 Å². The van der Waals surface area contributed by atoms with Gasteiger partial charge in [-0.3, -0.25) is 4.79 Å². The predicted octanol–water partition coefficient (Wildman–Crippen LogP) is 2.69. The topological polar surface area (TPSA) is 57.7 Å². The Kier molecular flexibility index (Phi) is 5.67. The van der Waals surface area contributed by atoms with Gasteiger partial charge in [0.05, 0.1) is 11.3 Å². The predicted molar refractivity (Wildman–Crippen MR) is 106 cm³/mol. The minimum Gasteiger partial charge on any atom is -0.340 e. The highest BCUT2D eigenvalue weighted by Crippen LogP contribution is 2.26. The van der Waals surface area contributed by atoms with Gasteiger partial charge in [-0.25, -0.2) is 8.42 Å². The smallest absolute Gasteiger partial charge is 0.243 e. The summed E-state index contributed by atoms with van der Waals surface area (Å²) in [6.07, 6.45) is 0.351. The second-order valence-electron chi connectivity index (χ2n) is 7.18. The van der Waals surface area contributed by atoms with Crippen LogP contribution >= 0.6 is 0 Å². The normalized spacial score (nSPS) is 15.7. The van der Waals surface area contributed by atoms with E-state index in [2.05, 4.69) is 0 Å². The number of hydrogen-bond donors (Lipinski definition) is 0. The molecule has 27 heavy (non-hydrogen) atoms. The van der Waals surface area contributed by atoms with E-state index in [4.69, 9.17) is 0 Å². The van der Waals surface area contributed by atoms with E-state index in [-0.39, 0.29) is 5.91 Å². The molecule has 0 N–H and O–H groups in total. The van der Waals surface area contributed by atoms with Gasteiger partial charge in [0.2, 0.25) is 15.9 Å². The van der Waals surface area contributed by atoms with E-state index in [1.165, 1.54) is 4.31 Å². The molecule has 0 aliphatic carbocycles. The Hall–Kier alpha value is -2.18. The lowest BCUT2D eigenvalue weighted by molar-refractivity contribution is -0.131. The number of amides is 1. The van der Waals surface area contributed by atoms with Gasteiger partial charge in [0.25, 0.3) is 0 Å². The van der Waals surface area contributed by atoms with Gasteiger partial charge in [0, 0.05) is 26.2 Å². The van der Waals surface area contributed by atoms with Crippen molar-refractivity contribution in [2.75, 3.05) is 26.2 Å². The Labute approximate surface area is 161 Å². The van der Waals surface area contributed by atoms with Crippen molar-refractivity contribution in [3.8, 4) is 0 Å². The maximum absolute atomic E-state index is 13.1. The fraction of sp³-hybridized carbons (Fsp3) is 0.381. The van der Waals surface area contributed by atoms with E-state index in [0.717, 1.165) is 22.3 Å². The van der Waals surface area contributed by atoms with Crippen molar-refractivity contribution in [2.24, 2.45) is 0 Å². The highest BCUT2D eigenvalue weighted by atomic mass is 32.2. The third-order valence-electron chi connectivity index (χ3n) is 4.99. The SMILES string of the molecule is Cc1cc(C)c(S(=O)(=O)N2CCN(C(=O)Cc3ccccc3)CC2)c(C)c1. The molecule has 144 valence electrons. The van der Waals surface area contributed by atoms with Gasteiger partial charge in [-0.05, 0) is 37.5 Å². The molecule has 0 spiro atoms. The van der Waals surface area contributed by atoms with E-state index in [1.54, 1.807) is 4.90 Å². The van der Waals surface area contributed by atoms with Crippen molar-refractivity contribution in [3.63, 3.8) is 0 Å². The molecule has 1 aliphatic heterocycles. The fourth-order valence-electron chi connectivity index (χ4n) is 3.76. The fourth-order valence-corrected chi connectivity index (χ4v) is 5.60. The Morgan fingerprint density at radius 2 is 1.48 bits per heavy atom. The number of benzene rings is 2. The molecule has 3 rings (SSSR count). The lowest BCUT2D eigenvalue weighted by Gasteiger charge is -2.34. The molecule has 1 aliphatic rings. The molecule has 0 atom stereocenters. The van der Waals surface area contributed by atoms with Crippen LogP contribution in [0.1, 0.15) is 22.3 Å². The molecule has 1 amide bonds. The van der Waals surface area contributed by atoms with E-state index >= 15 is 0 Å². The number of sulfonamides is 1. The number of piperazine rings is 1. The summed E-state index contributed by atoms with van der Waals surface area (Å²) in [5.74, 6) is 0.0425. The van der Waals surface area contributed by atoms with Crippen molar-refractivity contribution in [2.45, 2.75) is 32.1 Å². The second kappa shape index (κ2) is 7.82. The summed E-state index contributed by atoms with van der Waals surface area (Å²) in [5.41, 5.74) is 3.58. The molecule has 0 radical (unpaired) electrons. The van der Waals surface area contributed by atoms with Gasteiger partial charge < -0.3 is 4.90 Å². The molecular formula is C21H26N2O3S. The molecule has 2 aromatic carbocycles. The first-order chi connectivity index (χ1) is 12.8. The van der Waals surface area contributed by atoms with Gasteiger partial charge >= 0.3 is 0 Å². The number of hydrogen-bond acceptors (Lipinski definition) is 3. The lowest BCUT2D eigenvalue weighted by atomic mass is 10.1. The minimum absolute atomic E-state index is 0.0425. The number of carbonyl (C=O) groups excluding carboxylic acids is 1. The summed E-state index contributed by atoms with van der Waals surface area (Å²) in [4.78, 5) is 14.7. The number of nitrogens with zero attached hydrogens (tertiary/aromatic N) is 2. The van der Waals surface area contributed by atoms with Crippen LogP contribution in [0.5, 0.6) is 0 Å². The van der Waals surface area contributed by atoms with Crippen molar-refractivity contribution >= 4 is 15.9 Å². The number of rotatable bonds is 4. The van der Waals surface area contributed by atoms with Crippen LogP contribution in [-0.4, -0.2) is 49.7 Å². The van der Waals surface area contributed by atoms with E-state index in [9.17, 15) is 13.2 Å². The maximum Gasteiger partial charge on any atom is 0.243 e. The summed E-state index contributed by atoms with van der Waals surface area (Å²) in [7, 11) is -3.55. The maximum atomic E-state index is 13.1. The molecule has 0 bridgehead atoms. The van der Waals surface area contributed by atoms with Crippen LogP contribution < -0.4 is 0 Å². The molecule has 2 aromatic rings. The summed E-state index contributed by atoms with van der Waals surface area (Å²) in [6, 6.07) is 13.4. The summed E-state index contributed by atoms with van der Waals surface area (Å²) >= 11 is 0. The second-order valence-corrected chi connectivity index (χ2v) is 9.05. The Morgan fingerprint density at radius 3 is 2.04 bits per heavy atom. The van der Waals surface area contributed by atoms with Crippen LogP contribution in [0.15, 0.2) is 47.4 Å². The molecule has 1 heterocycles. The molecule has 6 heteroatoms. The Morgan fingerprint density at radius 1 is 0.926 bits per heavy atom. The number of carbonyl (C=O) groups is 1. The summed E-state index contributed by atoms with van der Waals surface area (Å²) in [5, 5.41) is 0. The van der Waals surface area contributed by atoms with Crippen molar-refractivity contribution < 1.29 is 13.2 Å². The molecule has 5 nitrogen and oxygen atoms in total. The van der Waals surface area contributed by atoms with Crippen LogP contribution in [0.25, 0.3) is 0 Å². The van der Waals surface area contributed by atoms with Crippen LogP contribution in [0.3, 0.4) is 0 Å². The van der Waals surface area contributed by atoms with Crippen molar-refractivity contribution in [3.05, 3.63) is 64.7 Å². The van der Waals surface area contributed by atoms with Crippen LogP contribution in [-0.2, 0) is 21.2 Å². The zero-order valence-corrected chi connectivity index (χ0v) is 16.9. The average Bonchev–Trinajstić information content (AvgIpc) is 2.61. The molecule has 0 saturated carbocycles. The highest BCUT2D eigenvalue weighted by Gasteiger charge is 2.32. The first-order valence-electron chi connectivity index (χ1n) is 9.19. The first-order valence-corrected chi connectivity index (χ1v) is 10.6. The third-order valence-corrected chi connectivity index (χ3v) is 7.20. The van der Waals surface area contributed by atoms with Crippen LogP contribution in [0.2, 0.25) is 0 Å². The van der Waals surface area contributed by atoms with E-state index in [1.807, 2.05) is 63.2 Å². The standard InChI is InChI=1S/C21H26N2O3S/c1-16-13-17(2)21(18(3)14-16)27(25,26)23-11-9-22(10-12-23)20(24)15-19-7-5-4-6-8-19/h4-8,13-14H,9-12,15H2,1-3H3. The van der Waals surface area contributed by atoms with E-state index < -0.39 is 10.0 Å². The molecule has 1 saturated heterocycles. The zero-order valence-electron chi connectivity index (χ0n) is 16.1. The van der Waals surface area contributed by atoms with Gasteiger partial charge in [-0.2, -0.15) is 4.31 Å². The van der Waals surface area contributed by atoms with Crippen LogP contribution in [0.4, 0.5) is 0 Å². The Balaban J connectivity index is 1.69. The summed E-state index contributed by atoms with van der Waals surface area (Å²) in [6.45, 7) is 7.15. The minimum atomic E-state index is -3.55. The molecule has 0 unspecified atom stereocenters. The molecular weight excluding hydrogens is 360 g/mol. The quantitative estimate of drug-likeness (QED) is 0.812. The highest BCUT2D eigenvalue weighted by molar-refractivity contribution is 7.89. The zero-order chi connectivity index (χ0) is 19.6. The largest absolute Gasteiger partial charge is 0.340 e.